The molecule has 1 unspecified atom stereocenters. The van der Waals surface area contributed by atoms with E-state index in [1.165, 1.54) is 0 Å². The summed E-state index contributed by atoms with van der Waals surface area (Å²) in [5.41, 5.74) is 0. The third-order valence-electron chi connectivity index (χ3n) is 2.56. The van der Waals surface area contributed by atoms with E-state index in [1.54, 1.807) is 0 Å². The van der Waals surface area contributed by atoms with Crippen LogP contribution in [-0.2, 0) is 10.0 Å². The van der Waals surface area contributed by atoms with Gasteiger partial charge in [0.15, 0.2) is 0 Å². The summed E-state index contributed by atoms with van der Waals surface area (Å²) in [6.45, 7) is 5.40. The Morgan fingerprint density at radius 3 is 2.42 bits per heavy atom. The Balaban J connectivity index is 2.39. The van der Waals surface area contributed by atoms with Crippen molar-refractivity contribution in [3.8, 4) is 0 Å². The van der Waals surface area contributed by atoms with Crippen LogP contribution in [0.25, 0.3) is 0 Å². The zero-order chi connectivity index (χ0) is 9.35. The summed E-state index contributed by atoms with van der Waals surface area (Å²) in [5, 5.41) is 4.66. The Hall–Kier alpha value is -0.130. The molecule has 0 aromatic heterocycles. The maximum atomic E-state index is 10.8. The Morgan fingerprint density at radius 1 is 1.58 bits per heavy atom. The maximum absolute atomic E-state index is 10.8. The molecular weight excluding hydrogens is 176 g/mol. The fraction of sp³-hybridized carbons (Fsp3) is 1.00. The van der Waals surface area contributed by atoms with Crippen molar-refractivity contribution in [3.63, 3.8) is 0 Å². The standard InChI is InChI=1S/C7H16N2O2S/c1-3-6(2)9-4-7(5-9)12(8,10)11/h6-7H,3-5H2,1-2H3,(H2,8,10,11). The molecule has 0 radical (unpaired) electrons. The highest BCUT2D eigenvalue weighted by atomic mass is 32.2. The number of nitrogens with zero attached hydrogens (tertiary/aromatic N) is 1. The predicted molar refractivity (Wildman–Crippen MR) is 48.2 cm³/mol. The molecule has 1 fully saturated rings. The molecule has 0 saturated carbocycles. The second kappa shape index (κ2) is 3.32. The zero-order valence-electron chi connectivity index (χ0n) is 7.53. The fourth-order valence-corrected chi connectivity index (χ4v) is 2.09. The molecule has 1 saturated heterocycles. The van der Waals surface area contributed by atoms with Crippen molar-refractivity contribution in [1.82, 2.24) is 4.90 Å². The van der Waals surface area contributed by atoms with Crippen LogP contribution in [0.3, 0.4) is 0 Å². The van der Waals surface area contributed by atoms with Crippen LogP contribution in [0.1, 0.15) is 20.3 Å². The topological polar surface area (TPSA) is 63.4 Å². The Labute approximate surface area is 73.8 Å². The van der Waals surface area contributed by atoms with Crippen molar-refractivity contribution < 1.29 is 8.42 Å². The van der Waals surface area contributed by atoms with Crippen LogP contribution in [0.2, 0.25) is 0 Å². The summed E-state index contributed by atoms with van der Waals surface area (Å²) in [6.07, 6.45) is 1.05. The van der Waals surface area contributed by atoms with E-state index in [0.717, 1.165) is 6.42 Å². The van der Waals surface area contributed by atoms with E-state index in [9.17, 15) is 8.42 Å². The first kappa shape index (κ1) is 9.95. The molecule has 0 amide bonds. The van der Waals surface area contributed by atoms with Gasteiger partial charge < -0.3 is 0 Å². The lowest BCUT2D eigenvalue weighted by Crippen LogP contribution is -2.59. The monoisotopic (exact) mass is 192 g/mol. The van der Waals surface area contributed by atoms with E-state index >= 15 is 0 Å². The molecule has 1 heterocycles. The van der Waals surface area contributed by atoms with Gasteiger partial charge in [-0.15, -0.1) is 0 Å². The lowest BCUT2D eigenvalue weighted by Gasteiger charge is -2.41. The van der Waals surface area contributed by atoms with Gasteiger partial charge in [0.25, 0.3) is 0 Å². The number of hydrogen-bond donors (Lipinski definition) is 1. The zero-order valence-corrected chi connectivity index (χ0v) is 8.34. The average molecular weight is 192 g/mol. The van der Waals surface area contributed by atoms with Gasteiger partial charge in [-0.3, -0.25) is 4.90 Å². The summed E-state index contributed by atoms with van der Waals surface area (Å²) in [6, 6.07) is 0.475. The van der Waals surface area contributed by atoms with Crippen molar-refractivity contribution >= 4 is 10.0 Å². The maximum Gasteiger partial charge on any atom is 0.214 e. The van der Waals surface area contributed by atoms with Gasteiger partial charge >= 0.3 is 0 Å². The van der Waals surface area contributed by atoms with Gasteiger partial charge in [-0.05, 0) is 13.3 Å². The molecule has 0 aliphatic carbocycles. The summed E-state index contributed by atoms with van der Waals surface area (Å²) in [5.74, 6) is 0. The first-order chi connectivity index (χ1) is 5.45. The molecule has 72 valence electrons. The number of primary sulfonamides is 1. The van der Waals surface area contributed by atoms with Gasteiger partial charge in [0.05, 0.1) is 0 Å². The molecule has 0 aromatic carbocycles. The van der Waals surface area contributed by atoms with Crippen molar-refractivity contribution in [2.75, 3.05) is 13.1 Å². The predicted octanol–water partition coefficient (Wildman–Crippen LogP) is -0.242. The van der Waals surface area contributed by atoms with Gasteiger partial charge in [-0.1, -0.05) is 6.92 Å². The van der Waals surface area contributed by atoms with E-state index in [4.69, 9.17) is 5.14 Å². The first-order valence-corrected chi connectivity index (χ1v) is 5.81. The largest absolute Gasteiger partial charge is 0.298 e. The fourth-order valence-electron chi connectivity index (χ4n) is 1.30. The first-order valence-electron chi connectivity index (χ1n) is 4.20. The molecule has 2 N–H and O–H groups in total. The summed E-state index contributed by atoms with van der Waals surface area (Å²) in [7, 11) is -3.28. The van der Waals surface area contributed by atoms with Crippen LogP contribution < -0.4 is 5.14 Å². The molecule has 1 atom stereocenters. The quantitative estimate of drug-likeness (QED) is 0.671. The number of hydrogen-bond acceptors (Lipinski definition) is 3. The minimum atomic E-state index is -3.28. The molecule has 4 nitrogen and oxygen atoms in total. The van der Waals surface area contributed by atoms with Gasteiger partial charge in [-0.2, -0.15) is 0 Å². The second-order valence-electron chi connectivity index (χ2n) is 3.42. The second-order valence-corrected chi connectivity index (χ2v) is 5.27. The molecular formula is C7H16N2O2S. The summed E-state index contributed by atoms with van der Waals surface area (Å²) < 4.78 is 21.6. The highest BCUT2D eigenvalue weighted by Gasteiger charge is 2.36. The lowest BCUT2D eigenvalue weighted by atomic mass is 10.1. The van der Waals surface area contributed by atoms with Gasteiger partial charge in [-0.25, -0.2) is 13.6 Å². The van der Waals surface area contributed by atoms with Gasteiger partial charge in [0.1, 0.15) is 5.25 Å². The molecule has 0 spiro atoms. The van der Waals surface area contributed by atoms with Crippen molar-refractivity contribution in [3.05, 3.63) is 0 Å². The Bertz CT molecular complexity index is 244. The van der Waals surface area contributed by atoms with Crippen molar-refractivity contribution in [2.45, 2.75) is 31.6 Å². The van der Waals surface area contributed by atoms with Crippen LogP contribution in [0.5, 0.6) is 0 Å². The minimum Gasteiger partial charge on any atom is -0.298 e. The van der Waals surface area contributed by atoms with Crippen LogP contribution in [0, 0.1) is 0 Å². The van der Waals surface area contributed by atoms with Crippen LogP contribution in [0.4, 0.5) is 0 Å². The highest BCUT2D eigenvalue weighted by molar-refractivity contribution is 7.89. The Kier molecular flexibility index (Phi) is 2.75. The molecule has 1 rings (SSSR count). The summed E-state index contributed by atoms with van der Waals surface area (Å²) >= 11 is 0. The molecule has 12 heavy (non-hydrogen) atoms. The molecule has 0 aromatic rings. The van der Waals surface area contributed by atoms with Gasteiger partial charge in [0.2, 0.25) is 10.0 Å². The Morgan fingerprint density at radius 2 is 2.08 bits per heavy atom. The van der Waals surface area contributed by atoms with Crippen LogP contribution >= 0.6 is 0 Å². The number of likely N-dealkylation sites (tertiary alicyclic amines) is 1. The van der Waals surface area contributed by atoms with E-state index in [0.29, 0.717) is 19.1 Å². The average Bonchev–Trinajstić information content (AvgIpc) is 1.80. The molecule has 1 aliphatic heterocycles. The third kappa shape index (κ3) is 1.97. The minimum absolute atomic E-state index is 0.327. The molecule has 1 aliphatic rings. The van der Waals surface area contributed by atoms with Gasteiger partial charge in [0, 0.05) is 19.1 Å². The van der Waals surface area contributed by atoms with E-state index < -0.39 is 10.0 Å². The van der Waals surface area contributed by atoms with Crippen molar-refractivity contribution in [1.29, 1.82) is 0 Å². The lowest BCUT2D eigenvalue weighted by molar-refractivity contribution is 0.129. The van der Waals surface area contributed by atoms with E-state index in [-0.39, 0.29) is 5.25 Å². The SMILES string of the molecule is CCC(C)N1CC(S(N)(=O)=O)C1. The number of sulfonamides is 1. The highest BCUT2D eigenvalue weighted by Crippen LogP contribution is 2.18. The van der Waals surface area contributed by atoms with Crippen LogP contribution in [-0.4, -0.2) is 37.7 Å². The molecule has 5 heteroatoms. The van der Waals surface area contributed by atoms with E-state index in [1.807, 2.05) is 0 Å². The number of nitrogens with two attached hydrogens (primary N) is 1. The smallest absolute Gasteiger partial charge is 0.214 e. The van der Waals surface area contributed by atoms with Crippen LogP contribution in [0.15, 0.2) is 0 Å². The molecule has 0 bridgehead atoms. The normalized spacial score (nSPS) is 23.6. The van der Waals surface area contributed by atoms with Crippen molar-refractivity contribution in [2.24, 2.45) is 5.14 Å². The summed E-state index contributed by atoms with van der Waals surface area (Å²) in [4.78, 5) is 2.13. The third-order valence-corrected chi connectivity index (χ3v) is 3.78. The van der Waals surface area contributed by atoms with E-state index in [2.05, 4.69) is 18.7 Å². The number of rotatable bonds is 3.